The molecule has 0 spiro atoms. The summed E-state index contributed by atoms with van der Waals surface area (Å²) in [6.45, 7) is 2.29. The van der Waals surface area contributed by atoms with Crippen LogP contribution < -0.4 is 0 Å². The molecule has 0 bridgehead atoms. The van der Waals surface area contributed by atoms with E-state index in [4.69, 9.17) is 18.9 Å². The zero-order valence-electron chi connectivity index (χ0n) is 11.2. The number of ether oxygens (including phenoxy) is 4. The Morgan fingerprint density at radius 1 is 1.40 bits per heavy atom. The van der Waals surface area contributed by atoms with E-state index in [0.29, 0.717) is 13.2 Å². The standard InChI is InChI=1S/C14H17BrO5/c1-10(16)19-9-17-8-13-6-7-18-14(20-13)11-2-4-12(15)5-3-11/h2-5,13-14H,6-9H2,1H3/t13-,14-/m0/s1. The second kappa shape index (κ2) is 7.73. The average Bonchev–Trinajstić information content (AvgIpc) is 2.44. The van der Waals surface area contributed by atoms with Crippen LogP contribution in [0, 0.1) is 0 Å². The Bertz CT molecular complexity index is 434. The molecule has 5 nitrogen and oxygen atoms in total. The summed E-state index contributed by atoms with van der Waals surface area (Å²) in [5, 5.41) is 0. The number of esters is 1. The lowest BCUT2D eigenvalue weighted by Gasteiger charge is -2.30. The van der Waals surface area contributed by atoms with Gasteiger partial charge in [0.15, 0.2) is 13.1 Å². The molecule has 0 amide bonds. The van der Waals surface area contributed by atoms with Gasteiger partial charge in [0.25, 0.3) is 0 Å². The Balaban J connectivity index is 1.79. The monoisotopic (exact) mass is 344 g/mol. The van der Waals surface area contributed by atoms with Gasteiger partial charge in [0.1, 0.15) is 0 Å². The first-order valence-electron chi connectivity index (χ1n) is 6.39. The van der Waals surface area contributed by atoms with E-state index < -0.39 is 0 Å². The van der Waals surface area contributed by atoms with Gasteiger partial charge in [-0.2, -0.15) is 0 Å². The third kappa shape index (κ3) is 4.86. The Labute approximate surface area is 126 Å². The van der Waals surface area contributed by atoms with Crippen LogP contribution in [0.25, 0.3) is 0 Å². The van der Waals surface area contributed by atoms with E-state index in [0.717, 1.165) is 16.5 Å². The third-order valence-corrected chi connectivity index (χ3v) is 3.35. The van der Waals surface area contributed by atoms with Gasteiger partial charge in [0, 0.05) is 17.0 Å². The van der Waals surface area contributed by atoms with Gasteiger partial charge in [-0.1, -0.05) is 28.1 Å². The summed E-state index contributed by atoms with van der Waals surface area (Å²) >= 11 is 3.39. The normalized spacial score (nSPS) is 22.5. The molecule has 0 aliphatic carbocycles. The molecular formula is C14H17BrO5. The maximum Gasteiger partial charge on any atom is 0.304 e. The number of carbonyl (C=O) groups excluding carboxylic acids is 1. The minimum Gasteiger partial charge on any atom is -0.439 e. The maximum atomic E-state index is 10.6. The molecule has 0 radical (unpaired) electrons. The number of carbonyl (C=O) groups is 1. The molecule has 1 aliphatic heterocycles. The minimum absolute atomic E-state index is 0.0427. The summed E-state index contributed by atoms with van der Waals surface area (Å²) < 4.78 is 22.4. The topological polar surface area (TPSA) is 54.0 Å². The molecule has 0 saturated carbocycles. The number of benzene rings is 1. The molecule has 1 aromatic carbocycles. The Kier molecular flexibility index (Phi) is 5.97. The lowest BCUT2D eigenvalue weighted by Crippen LogP contribution is -2.31. The van der Waals surface area contributed by atoms with Crippen molar-refractivity contribution < 1.29 is 23.7 Å². The Hall–Kier alpha value is -0.950. The molecule has 20 heavy (non-hydrogen) atoms. The predicted octanol–water partition coefficient (Wildman–Crippen LogP) is 2.79. The lowest BCUT2D eigenvalue weighted by atomic mass is 10.2. The van der Waals surface area contributed by atoms with Crippen LogP contribution in [0.3, 0.4) is 0 Å². The molecule has 1 aliphatic rings. The van der Waals surface area contributed by atoms with E-state index in [1.807, 2.05) is 24.3 Å². The second-order valence-electron chi connectivity index (χ2n) is 4.43. The zero-order valence-corrected chi connectivity index (χ0v) is 12.8. The number of rotatable bonds is 5. The molecular weight excluding hydrogens is 328 g/mol. The molecule has 0 aromatic heterocycles. The average molecular weight is 345 g/mol. The van der Waals surface area contributed by atoms with Crippen LogP contribution in [-0.2, 0) is 23.7 Å². The van der Waals surface area contributed by atoms with E-state index >= 15 is 0 Å². The molecule has 0 unspecified atom stereocenters. The molecule has 1 saturated heterocycles. The van der Waals surface area contributed by atoms with E-state index in [1.54, 1.807) is 0 Å². The molecule has 1 aromatic rings. The van der Waals surface area contributed by atoms with Crippen LogP contribution in [0.5, 0.6) is 0 Å². The van der Waals surface area contributed by atoms with Gasteiger partial charge in [-0.25, -0.2) is 0 Å². The third-order valence-electron chi connectivity index (χ3n) is 2.82. The summed E-state index contributed by atoms with van der Waals surface area (Å²) in [4.78, 5) is 10.6. The Morgan fingerprint density at radius 2 is 2.15 bits per heavy atom. The van der Waals surface area contributed by atoms with Crippen LogP contribution in [0.2, 0.25) is 0 Å². The maximum absolute atomic E-state index is 10.6. The first-order valence-corrected chi connectivity index (χ1v) is 7.18. The van der Waals surface area contributed by atoms with Gasteiger partial charge < -0.3 is 18.9 Å². The van der Waals surface area contributed by atoms with Crippen molar-refractivity contribution in [2.24, 2.45) is 0 Å². The Morgan fingerprint density at radius 3 is 2.85 bits per heavy atom. The fourth-order valence-corrected chi connectivity index (χ4v) is 2.07. The summed E-state index contributed by atoms with van der Waals surface area (Å²) in [5.74, 6) is -0.356. The van der Waals surface area contributed by atoms with Crippen molar-refractivity contribution >= 4 is 21.9 Å². The van der Waals surface area contributed by atoms with Gasteiger partial charge in [0.05, 0.1) is 19.3 Å². The van der Waals surface area contributed by atoms with Crippen LogP contribution >= 0.6 is 15.9 Å². The molecule has 6 heteroatoms. The summed E-state index contributed by atoms with van der Waals surface area (Å²) in [5.41, 5.74) is 0.970. The smallest absolute Gasteiger partial charge is 0.304 e. The first-order chi connectivity index (χ1) is 9.65. The summed E-state index contributed by atoms with van der Waals surface area (Å²) in [6, 6.07) is 7.80. The number of hydrogen-bond acceptors (Lipinski definition) is 5. The highest BCUT2D eigenvalue weighted by atomic mass is 79.9. The quantitative estimate of drug-likeness (QED) is 0.467. The van der Waals surface area contributed by atoms with Crippen molar-refractivity contribution in [1.82, 2.24) is 0 Å². The first kappa shape index (κ1) is 15.4. The highest BCUT2D eigenvalue weighted by Crippen LogP contribution is 2.27. The molecule has 1 heterocycles. The minimum atomic E-state index is -0.376. The van der Waals surface area contributed by atoms with E-state index in [1.165, 1.54) is 6.92 Å². The van der Waals surface area contributed by atoms with Crippen molar-refractivity contribution in [1.29, 1.82) is 0 Å². The number of hydrogen-bond donors (Lipinski definition) is 0. The van der Waals surface area contributed by atoms with Crippen LogP contribution in [0.1, 0.15) is 25.2 Å². The van der Waals surface area contributed by atoms with Gasteiger partial charge in [-0.3, -0.25) is 4.79 Å². The van der Waals surface area contributed by atoms with Gasteiger partial charge in [0.2, 0.25) is 0 Å². The number of halogens is 1. The highest BCUT2D eigenvalue weighted by molar-refractivity contribution is 9.10. The molecule has 1 fully saturated rings. The van der Waals surface area contributed by atoms with E-state index in [2.05, 4.69) is 15.9 Å². The lowest BCUT2D eigenvalue weighted by molar-refractivity contribution is -0.232. The van der Waals surface area contributed by atoms with Gasteiger partial charge >= 0.3 is 5.97 Å². The fraction of sp³-hybridized carbons (Fsp3) is 0.500. The highest BCUT2D eigenvalue weighted by Gasteiger charge is 2.24. The molecule has 110 valence electrons. The van der Waals surface area contributed by atoms with Crippen molar-refractivity contribution in [3.05, 3.63) is 34.3 Å². The van der Waals surface area contributed by atoms with E-state index in [9.17, 15) is 4.79 Å². The van der Waals surface area contributed by atoms with Crippen molar-refractivity contribution in [3.8, 4) is 0 Å². The van der Waals surface area contributed by atoms with Crippen molar-refractivity contribution in [2.75, 3.05) is 20.0 Å². The van der Waals surface area contributed by atoms with Gasteiger partial charge in [-0.15, -0.1) is 0 Å². The van der Waals surface area contributed by atoms with Crippen LogP contribution in [0.4, 0.5) is 0 Å². The fourth-order valence-electron chi connectivity index (χ4n) is 1.81. The summed E-state index contributed by atoms with van der Waals surface area (Å²) in [7, 11) is 0. The van der Waals surface area contributed by atoms with Crippen LogP contribution in [-0.4, -0.2) is 32.1 Å². The summed E-state index contributed by atoms with van der Waals surface area (Å²) in [6.07, 6.45) is 0.319. The predicted molar refractivity (Wildman–Crippen MR) is 74.9 cm³/mol. The van der Waals surface area contributed by atoms with Crippen molar-refractivity contribution in [3.63, 3.8) is 0 Å². The molecule has 2 atom stereocenters. The molecule has 2 rings (SSSR count). The molecule has 0 N–H and O–H groups in total. The second-order valence-corrected chi connectivity index (χ2v) is 5.34. The van der Waals surface area contributed by atoms with Crippen LogP contribution in [0.15, 0.2) is 28.7 Å². The van der Waals surface area contributed by atoms with E-state index in [-0.39, 0.29) is 25.2 Å². The van der Waals surface area contributed by atoms with Gasteiger partial charge in [-0.05, 0) is 18.6 Å². The largest absolute Gasteiger partial charge is 0.439 e. The SMILES string of the molecule is CC(=O)OCOC[C@@H]1CCO[C@H](c2ccc(Br)cc2)O1. The zero-order chi connectivity index (χ0) is 14.4. The van der Waals surface area contributed by atoms with Crippen molar-refractivity contribution in [2.45, 2.75) is 25.7 Å².